The molecule has 0 atom stereocenters. The highest BCUT2D eigenvalue weighted by Gasteiger charge is 2.25. The summed E-state index contributed by atoms with van der Waals surface area (Å²) in [6.07, 6.45) is 8.52. The van der Waals surface area contributed by atoms with E-state index < -0.39 is 0 Å². The van der Waals surface area contributed by atoms with Gasteiger partial charge in [0.1, 0.15) is 24.1 Å². The number of carbonyl (C=O) groups is 1. The first-order valence-corrected chi connectivity index (χ1v) is 8.29. The van der Waals surface area contributed by atoms with E-state index in [0.29, 0.717) is 38.4 Å². The standard InChI is InChI=1S/C17H18N6O2/c24-16(4-2-7-23-12-19-11-20-23)22-8-5-15-14(10-22)21-17(25-15)13-3-1-6-18-9-13/h1,3,6,9,11-12H,2,4-5,7-8,10H2. The lowest BCUT2D eigenvalue weighted by atomic mass is 10.1. The van der Waals surface area contributed by atoms with Crippen LogP contribution in [0.1, 0.15) is 24.3 Å². The Morgan fingerprint density at radius 3 is 3.08 bits per heavy atom. The number of pyridine rings is 1. The van der Waals surface area contributed by atoms with Crippen molar-refractivity contribution >= 4 is 5.91 Å². The van der Waals surface area contributed by atoms with Crippen LogP contribution in [0.4, 0.5) is 0 Å². The van der Waals surface area contributed by atoms with Crippen LogP contribution in [0.2, 0.25) is 0 Å². The molecule has 8 nitrogen and oxygen atoms in total. The zero-order valence-corrected chi connectivity index (χ0v) is 13.7. The number of fused-ring (bicyclic) bond motifs is 1. The van der Waals surface area contributed by atoms with E-state index >= 15 is 0 Å². The summed E-state index contributed by atoms with van der Waals surface area (Å²) in [6, 6.07) is 3.76. The molecule has 0 unspecified atom stereocenters. The van der Waals surface area contributed by atoms with Gasteiger partial charge in [-0.2, -0.15) is 5.10 Å². The zero-order chi connectivity index (χ0) is 17.1. The van der Waals surface area contributed by atoms with E-state index in [9.17, 15) is 4.79 Å². The molecule has 4 heterocycles. The number of aromatic nitrogens is 5. The highest BCUT2D eigenvalue weighted by Crippen LogP contribution is 2.26. The normalized spacial score (nSPS) is 13.7. The van der Waals surface area contributed by atoms with Gasteiger partial charge in [0.25, 0.3) is 0 Å². The summed E-state index contributed by atoms with van der Waals surface area (Å²) in [5.41, 5.74) is 1.69. The van der Waals surface area contributed by atoms with Gasteiger partial charge in [0.05, 0.1) is 12.1 Å². The molecule has 0 saturated heterocycles. The number of carbonyl (C=O) groups excluding carboxylic acids is 1. The lowest BCUT2D eigenvalue weighted by molar-refractivity contribution is -0.132. The fourth-order valence-corrected chi connectivity index (χ4v) is 2.92. The van der Waals surface area contributed by atoms with E-state index in [1.165, 1.54) is 6.33 Å². The molecule has 1 amide bonds. The molecule has 3 aromatic heterocycles. The molecule has 4 rings (SSSR count). The molecule has 3 aromatic rings. The van der Waals surface area contributed by atoms with Crippen molar-refractivity contribution in [3.05, 3.63) is 48.6 Å². The van der Waals surface area contributed by atoms with Gasteiger partial charge >= 0.3 is 0 Å². The Hall–Kier alpha value is -3.03. The first kappa shape index (κ1) is 15.5. The largest absolute Gasteiger partial charge is 0.441 e. The van der Waals surface area contributed by atoms with E-state index in [-0.39, 0.29) is 5.91 Å². The van der Waals surface area contributed by atoms with Gasteiger partial charge in [0.15, 0.2) is 0 Å². The first-order chi connectivity index (χ1) is 12.3. The molecule has 8 heteroatoms. The maximum absolute atomic E-state index is 12.4. The van der Waals surface area contributed by atoms with Crippen molar-refractivity contribution in [1.29, 1.82) is 0 Å². The Balaban J connectivity index is 1.37. The average molecular weight is 338 g/mol. The predicted molar refractivity (Wildman–Crippen MR) is 88.1 cm³/mol. The lowest BCUT2D eigenvalue weighted by Gasteiger charge is -2.25. The first-order valence-electron chi connectivity index (χ1n) is 8.29. The van der Waals surface area contributed by atoms with E-state index in [1.54, 1.807) is 23.4 Å². The molecule has 0 radical (unpaired) electrons. The quantitative estimate of drug-likeness (QED) is 0.703. The minimum Gasteiger partial charge on any atom is -0.441 e. The minimum atomic E-state index is 0.136. The number of amides is 1. The van der Waals surface area contributed by atoms with Gasteiger partial charge in [0.2, 0.25) is 11.8 Å². The van der Waals surface area contributed by atoms with Crippen LogP contribution >= 0.6 is 0 Å². The highest BCUT2D eigenvalue weighted by atomic mass is 16.4. The maximum atomic E-state index is 12.4. The number of nitrogens with zero attached hydrogens (tertiary/aromatic N) is 6. The Labute approximate surface area is 144 Å². The van der Waals surface area contributed by atoms with Crippen molar-refractivity contribution in [3.63, 3.8) is 0 Å². The smallest absolute Gasteiger partial charge is 0.228 e. The van der Waals surface area contributed by atoms with Gasteiger partial charge < -0.3 is 9.32 Å². The molecular weight excluding hydrogens is 320 g/mol. The van der Waals surface area contributed by atoms with Gasteiger partial charge in [-0.05, 0) is 18.6 Å². The molecule has 0 aromatic carbocycles. The Kier molecular flexibility index (Phi) is 4.24. The van der Waals surface area contributed by atoms with Crippen LogP contribution in [0.15, 0.2) is 41.6 Å². The third-order valence-electron chi connectivity index (χ3n) is 4.23. The molecule has 0 spiro atoms. The van der Waals surface area contributed by atoms with Crippen LogP contribution < -0.4 is 0 Å². The predicted octanol–water partition coefficient (Wildman–Crippen LogP) is 1.69. The number of oxazole rings is 1. The number of rotatable bonds is 5. The van der Waals surface area contributed by atoms with Gasteiger partial charge in [-0.3, -0.25) is 14.5 Å². The molecule has 128 valence electrons. The summed E-state index contributed by atoms with van der Waals surface area (Å²) in [5.74, 6) is 1.57. The van der Waals surface area contributed by atoms with E-state index in [2.05, 4.69) is 20.1 Å². The van der Waals surface area contributed by atoms with Crippen molar-refractivity contribution in [1.82, 2.24) is 29.6 Å². The molecule has 1 aliphatic rings. The van der Waals surface area contributed by atoms with Crippen LogP contribution in [0, 0.1) is 0 Å². The van der Waals surface area contributed by atoms with E-state index in [1.807, 2.05) is 17.0 Å². The second-order valence-corrected chi connectivity index (χ2v) is 5.96. The summed E-state index contributed by atoms with van der Waals surface area (Å²) >= 11 is 0. The third-order valence-corrected chi connectivity index (χ3v) is 4.23. The zero-order valence-electron chi connectivity index (χ0n) is 13.7. The number of aryl methyl sites for hydroxylation is 1. The fraction of sp³-hybridized carbons (Fsp3) is 0.353. The molecule has 1 aliphatic heterocycles. The van der Waals surface area contributed by atoms with Crippen LogP contribution in [-0.2, 0) is 24.3 Å². The summed E-state index contributed by atoms with van der Waals surface area (Å²) in [5, 5.41) is 4.04. The third kappa shape index (κ3) is 3.42. The van der Waals surface area contributed by atoms with Gasteiger partial charge in [-0.1, -0.05) is 0 Å². The summed E-state index contributed by atoms with van der Waals surface area (Å²) in [4.78, 5) is 26.8. The maximum Gasteiger partial charge on any atom is 0.228 e. The van der Waals surface area contributed by atoms with Crippen molar-refractivity contribution in [2.75, 3.05) is 6.54 Å². The molecule has 0 bridgehead atoms. The van der Waals surface area contributed by atoms with Crippen LogP contribution in [-0.4, -0.2) is 42.1 Å². The van der Waals surface area contributed by atoms with Gasteiger partial charge in [-0.25, -0.2) is 9.97 Å². The van der Waals surface area contributed by atoms with E-state index in [4.69, 9.17) is 4.42 Å². The summed E-state index contributed by atoms with van der Waals surface area (Å²) in [6.45, 7) is 1.86. The topological polar surface area (TPSA) is 89.9 Å². The number of hydrogen-bond acceptors (Lipinski definition) is 6. The highest BCUT2D eigenvalue weighted by molar-refractivity contribution is 5.76. The second-order valence-electron chi connectivity index (χ2n) is 5.96. The lowest BCUT2D eigenvalue weighted by Crippen LogP contribution is -2.35. The molecule has 0 N–H and O–H groups in total. The van der Waals surface area contributed by atoms with Crippen LogP contribution in [0.25, 0.3) is 11.5 Å². The van der Waals surface area contributed by atoms with Crippen molar-refractivity contribution in [2.24, 2.45) is 0 Å². The van der Waals surface area contributed by atoms with Gasteiger partial charge in [-0.15, -0.1) is 0 Å². The van der Waals surface area contributed by atoms with Crippen LogP contribution in [0.5, 0.6) is 0 Å². The molecule has 0 fully saturated rings. The summed E-state index contributed by atoms with van der Waals surface area (Å²) in [7, 11) is 0. The van der Waals surface area contributed by atoms with Crippen molar-refractivity contribution in [3.8, 4) is 11.5 Å². The average Bonchev–Trinajstić information content (AvgIpc) is 3.31. The Morgan fingerprint density at radius 1 is 1.32 bits per heavy atom. The molecule has 0 aliphatic carbocycles. The molecule has 25 heavy (non-hydrogen) atoms. The van der Waals surface area contributed by atoms with Crippen molar-refractivity contribution < 1.29 is 9.21 Å². The number of hydrogen-bond donors (Lipinski definition) is 0. The van der Waals surface area contributed by atoms with Crippen molar-refractivity contribution in [2.45, 2.75) is 32.4 Å². The Morgan fingerprint density at radius 2 is 2.28 bits per heavy atom. The van der Waals surface area contributed by atoms with E-state index in [0.717, 1.165) is 23.4 Å². The molecular formula is C17H18N6O2. The summed E-state index contributed by atoms with van der Waals surface area (Å²) < 4.78 is 7.58. The molecule has 0 saturated carbocycles. The minimum absolute atomic E-state index is 0.136. The Bertz CT molecular complexity index is 843. The fourth-order valence-electron chi connectivity index (χ4n) is 2.92. The second kappa shape index (κ2) is 6.84. The SMILES string of the molecule is O=C(CCCn1cncn1)N1CCc2oc(-c3cccnc3)nc2C1. The van der Waals surface area contributed by atoms with Crippen LogP contribution in [0.3, 0.4) is 0 Å². The van der Waals surface area contributed by atoms with Gasteiger partial charge in [0, 0.05) is 38.3 Å². The monoisotopic (exact) mass is 338 g/mol.